The second-order valence-electron chi connectivity index (χ2n) is 7.49. The normalized spacial score (nSPS) is 16.7. The Labute approximate surface area is 163 Å². The lowest BCUT2D eigenvalue weighted by Gasteiger charge is -2.25. The molecule has 0 bridgehead atoms. The number of para-hydroxylation sites is 1. The van der Waals surface area contributed by atoms with E-state index in [1.54, 1.807) is 0 Å². The first-order chi connectivity index (χ1) is 13.1. The van der Waals surface area contributed by atoms with Crippen molar-refractivity contribution in [2.45, 2.75) is 69.3 Å². The smallest absolute Gasteiger partial charge is 0.192 e. The number of Topliss-reactive ketones (excluding diaryl/α,β-unsaturated/α-hetero) is 1. The Morgan fingerprint density at radius 1 is 1.19 bits per heavy atom. The monoisotopic (exact) mass is 382 g/mol. The summed E-state index contributed by atoms with van der Waals surface area (Å²) in [6.07, 6.45) is 6.19. The predicted octanol–water partition coefficient (Wildman–Crippen LogP) is 5.24. The molecule has 1 atom stereocenters. The number of nitrogens with one attached hydrogen (secondary N) is 1. The van der Waals surface area contributed by atoms with E-state index in [-0.39, 0.29) is 11.0 Å². The molecular formula is C21H26N4OS. The fourth-order valence-corrected chi connectivity index (χ4v) is 5.22. The number of hydrogen-bond acceptors (Lipinski definition) is 4. The highest BCUT2D eigenvalue weighted by molar-refractivity contribution is 8.00. The number of aryl methyl sites for hydroxylation is 2. The van der Waals surface area contributed by atoms with Gasteiger partial charge in [0.05, 0.1) is 5.25 Å². The number of H-pyrrole nitrogens is 1. The molecule has 27 heavy (non-hydrogen) atoms. The Morgan fingerprint density at radius 2 is 1.93 bits per heavy atom. The number of carbonyl (C=O) groups excluding carboxylic acids is 1. The second-order valence-corrected chi connectivity index (χ2v) is 8.79. The van der Waals surface area contributed by atoms with Crippen LogP contribution in [0.3, 0.4) is 0 Å². The highest BCUT2D eigenvalue weighted by atomic mass is 32.2. The first kappa shape index (κ1) is 18.3. The molecule has 1 unspecified atom stereocenters. The van der Waals surface area contributed by atoms with Gasteiger partial charge in [0.2, 0.25) is 0 Å². The second kappa shape index (κ2) is 7.50. The number of thioether (sulfide) groups is 1. The van der Waals surface area contributed by atoms with Crippen molar-refractivity contribution in [3.05, 3.63) is 41.3 Å². The van der Waals surface area contributed by atoms with E-state index in [4.69, 9.17) is 0 Å². The van der Waals surface area contributed by atoms with Crippen LogP contribution in [0, 0.1) is 13.8 Å². The van der Waals surface area contributed by atoms with Crippen molar-refractivity contribution >= 4 is 28.4 Å². The highest BCUT2D eigenvalue weighted by Gasteiger charge is 2.27. The van der Waals surface area contributed by atoms with E-state index in [0.29, 0.717) is 6.04 Å². The van der Waals surface area contributed by atoms with Crippen molar-refractivity contribution in [3.63, 3.8) is 0 Å². The van der Waals surface area contributed by atoms with Crippen LogP contribution in [0.15, 0.2) is 29.4 Å². The van der Waals surface area contributed by atoms with E-state index in [1.807, 2.05) is 45.0 Å². The van der Waals surface area contributed by atoms with Gasteiger partial charge in [-0.25, -0.2) is 0 Å². The van der Waals surface area contributed by atoms with Crippen LogP contribution < -0.4 is 0 Å². The summed E-state index contributed by atoms with van der Waals surface area (Å²) in [6.45, 7) is 5.96. The Bertz CT molecular complexity index is 968. The number of nitrogens with zero attached hydrogens (tertiary/aromatic N) is 3. The summed E-state index contributed by atoms with van der Waals surface area (Å²) in [5.74, 6) is 1.10. The third kappa shape index (κ3) is 3.43. The van der Waals surface area contributed by atoms with Crippen molar-refractivity contribution in [3.8, 4) is 0 Å². The minimum Gasteiger partial charge on any atom is -0.358 e. The summed E-state index contributed by atoms with van der Waals surface area (Å²) in [7, 11) is 0. The van der Waals surface area contributed by atoms with Gasteiger partial charge >= 0.3 is 0 Å². The first-order valence-electron chi connectivity index (χ1n) is 9.76. The summed E-state index contributed by atoms with van der Waals surface area (Å²) < 4.78 is 2.26. The Hall–Kier alpha value is -2.08. The molecule has 3 aromatic rings. The largest absolute Gasteiger partial charge is 0.358 e. The molecule has 1 fully saturated rings. The first-order valence-corrected chi connectivity index (χ1v) is 10.6. The van der Waals surface area contributed by atoms with Gasteiger partial charge in [-0.1, -0.05) is 49.2 Å². The highest BCUT2D eigenvalue weighted by Crippen LogP contribution is 2.35. The number of aromatic nitrogens is 4. The minimum atomic E-state index is -0.214. The van der Waals surface area contributed by atoms with E-state index in [0.717, 1.165) is 33.1 Å². The van der Waals surface area contributed by atoms with Crippen molar-refractivity contribution < 1.29 is 4.79 Å². The number of rotatable bonds is 5. The maximum atomic E-state index is 13.2. The van der Waals surface area contributed by atoms with Gasteiger partial charge in [0.25, 0.3) is 0 Å². The van der Waals surface area contributed by atoms with E-state index in [1.165, 1.54) is 43.9 Å². The van der Waals surface area contributed by atoms with Crippen LogP contribution in [0.5, 0.6) is 0 Å². The molecule has 2 heterocycles. The van der Waals surface area contributed by atoms with E-state index < -0.39 is 0 Å². The molecule has 1 aromatic carbocycles. The van der Waals surface area contributed by atoms with Crippen molar-refractivity contribution in [2.24, 2.45) is 0 Å². The van der Waals surface area contributed by atoms with Crippen LogP contribution in [0.25, 0.3) is 10.9 Å². The van der Waals surface area contributed by atoms with Crippen LogP contribution in [0.1, 0.15) is 66.9 Å². The van der Waals surface area contributed by atoms with Crippen molar-refractivity contribution in [1.29, 1.82) is 0 Å². The van der Waals surface area contributed by atoms with Gasteiger partial charge in [0, 0.05) is 28.2 Å². The molecule has 0 aliphatic heterocycles. The number of carbonyl (C=O) groups is 1. The molecule has 0 saturated heterocycles. The van der Waals surface area contributed by atoms with Gasteiger partial charge in [-0.2, -0.15) is 0 Å². The molecule has 1 saturated carbocycles. The zero-order chi connectivity index (χ0) is 19.0. The zero-order valence-corrected chi connectivity index (χ0v) is 17.0. The molecule has 1 N–H and O–H groups in total. The molecule has 0 amide bonds. The number of fused-ring (bicyclic) bond motifs is 1. The van der Waals surface area contributed by atoms with Crippen LogP contribution in [0.4, 0.5) is 0 Å². The number of aromatic amines is 1. The van der Waals surface area contributed by atoms with Crippen molar-refractivity contribution in [2.75, 3.05) is 0 Å². The number of hydrogen-bond donors (Lipinski definition) is 1. The Kier molecular flexibility index (Phi) is 5.08. The van der Waals surface area contributed by atoms with Gasteiger partial charge in [0.1, 0.15) is 5.82 Å². The molecule has 6 heteroatoms. The SMILES string of the molecule is Cc1[nH]c2ccccc2c1C(=O)C(C)Sc1nnc(C)n1C1CCCCC1. The van der Waals surface area contributed by atoms with Gasteiger partial charge in [0.15, 0.2) is 10.9 Å². The van der Waals surface area contributed by atoms with Crippen LogP contribution >= 0.6 is 11.8 Å². The standard InChI is InChI=1S/C21H26N4OS/c1-13-19(17-11-7-8-12-18(17)22-13)20(26)14(2)27-21-24-23-15(3)25(21)16-9-5-4-6-10-16/h7-8,11-12,14,16,22H,4-6,9-10H2,1-3H3. The van der Waals surface area contributed by atoms with E-state index in [2.05, 4.69) is 19.7 Å². The minimum absolute atomic E-state index is 0.144. The lowest BCUT2D eigenvalue weighted by Crippen LogP contribution is -2.18. The maximum Gasteiger partial charge on any atom is 0.192 e. The Balaban J connectivity index is 1.60. The van der Waals surface area contributed by atoms with Gasteiger partial charge in [-0.15, -0.1) is 10.2 Å². The maximum absolute atomic E-state index is 13.2. The molecule has 1 aliphatic carbocycles. The van der Waals surface area contributed by atoms with E-state index >= 15 is 0 Å². The van der Waals surface area contributed by atoms with Gasteiger partial charge in [-0.3, -0.25) is 4.79 Å². The fourth-order valence-electron chi connectivity index (χ4n) is 4.20. The molecular weight excluding hydrogens is 356 g/mol. The fraction of sp³-hybridized carbons (Fsp3) is 0.476. The quantitative estimate of drug-likeness (QED) is 0.484. The van der Waals surface area contributed by atoms with E-state index in [9.17, 15) is 4.79 Å². The summed E-state index contributed by atoms with van der Waals surface area (Å²) in [6, 6.07) is 8.46. The molecule has 2 aromatic heterocycles. The molecule has 1 aliphatic rings. The third-order valence-electron chi connectivity index (χ3n) is 5.57. The lowest BCUT2D eigenvalue weighted by atomic mass is 9.95. The summed E-state index contributed by atoms with van der Waals surface area (Å²) >= 11 is 1.53. The average molecular weight is 383 g/mol. The zero-order valence-electron chi connectivity index (χ0n) is 16.2. The molecule has 142 valence electrons. The van der Waals surface area contributed by atoms with Crippen LogP contribution in [0.2, 0.25) is 0 Å². The van der Waals surface area contributed by atoms with Crippen LogP contribution in [-0.2, 0) is 0 Å². The van der Waals surface area contributed by atoms with Crippen LogP contribution in [-0.4, -0.2) is 30.8 Å². The Morgan fingerprint density at radius 3 is 2.70 bits per heavy atom. The van der Waals surface area contributed by atoms with Gasteiger partial charge < -0.3 is 9.55 Å². The number of benzene rings is 1. The molecule has 5 nitrogen and oxygen atoms in total. The predicted molar refractivity (Wildman–Crippen MR) is 110 cm³/mol. The molecule has 0 spiro atoms. The summed E-state index contributed by atoms with van der Waals surface area (Å²) in [5.41, 5.74) is 2.74. The summed E-state index contributed by atoms with van der Waals surface area (Å²) in [4.78, 5) is 16.6. The van der Waals surface area contributed by atoms with Gasteiger partial charge in [-0.05, 0) is 39.7 Å². The third-order valence-corrected chi connectivity index (χ3v) is 6.62. The average Bonchev–Trinajstić information content (AvgIpc) is 3.20. The molecule has 0 radical (unpaired) electrons. The summed E-state index contributed by atoms with van der Waals surface area (Å²) in [5, 5.41) is 10.4. The topological polar surface area (TPSA) is 63.6 Å². The number of ketones is 1. The van der Waals surface area contributed by atoms with Crippen molar-refractivity contribution in [1.82, 2.24) is 19.7 Å². The molecule has 4 rings (SSSR count). The lowest BCUT2D eigenvalue weighted by molar-refractivity contribution is 0.0995.